The smallest absolute Gasteiger partial charge is 0.233 e. The van der Waals surface area contributed by atoms with Gasteiger partial charge in [0.1, 0.15) is 5.82 Å². The standard InChI is InChI=1S/C16H18FN5OS/c1-2-9-21(10-12-5-3-4-6-14(12)17)15(23)11-24-16-18-19-20-22(16)13-7-8-13/h2-6,13H,1,7-11H2. The fraction of sp³-hybridized carbons (Fsp3) is 0.375. The second-order valence-electron chi connectivity index (χ2n) is 5.58. The van der Waals surface area contributed by atoms with E-state index >= 15 is 0 Å². The summed E-state index contributed by atoms with van der Waals surface area (Å²) in [5, 5.41) is 12.2. The van der Waals surface area contributed by atoms with E-state index in [1.54, 1.807) is 33.9 Å². The summed E-state index contributed by atoms with van der Waals surface area (Å²) in [5.74, 6) is -0.215. The van der Waals surface area contributed by atoms with Crippen LogP contribution in [0.15, 0.2) is 42.1 Å². The quantitative estimate of drug-likeness (QED) is 0.542. The highest BCUT2D eigenvalue weighted by Crippen LogP contribution is 2.36. The molecule has 1 heterocycles. The summed E-state index contributed by atoms with van der Waals surface area (Å²) >= 11 is 1.31. The van der Waals surface area contributed by atoms with E-state index < -0.39 is 0 Å². The maximum absolute atomic E-state index is 13.8. The largest absolute Gasteiger partial charge is 0.334 e. The Bertz CT molecular complexity index is 731. The van der Waals surface area contributed by atoms with Crippen LogP contribution in [-0.4, -0.2) is 43.3 Å². The van der Waals surface area contributed by atoms with Crippen LogP contribution in [0.4, 0.5) is 4.39 Å². The van der Waals surface area contributed by atoms with E-state index in [1.165, 1.54) is 17.8 Å². The van der Waals surface area contributed by atoms with E-state index in [0.717, 1.165) is 12.8 Å². The van der Waals surface area contributed by atoms with E-state index in [9.17, 15) is 9.18 Å². The minimum Gasteiger partial charge on any atom is -0.334 e. The van der Waals surface area contributed by atoms with Gasteiger partial charge < -0.3 is 4.90 Å². The van der Waals surface area contributed by atoms with Gasteiger partial charge in [-0.25, -0.2) is 9.07 Å². The molecule has 3 rings (SSSR count). The number of halogens is 1. The van der Waals surface area contributed by atoms with Gasteiger partial charge in [-0.05, 0) is 29.3 Å². The van der Waals surface area contributed by atoms with Crippen molar-refractivity contribution in [2.24, 2.45) is 0 Å². The Morgan fingerprint density at radius 2 is 2.25 bits per heavy atom. The second-order valence-corrected chi connectivity index (χ2v) is 6.52. The zero-order valence-corrected chi connectivity index (χ0v) is 14.0. The van der Waals surface area contributed by atoms with Crippen LogP contribution >= 0.6 is 11.8 Å². The molecule has 1 aromatic carbocycles. The fourth-order valence-corrected chi connectivity index (χ4v) is 3.14. The highest BCUT2D eigenvalue weighted by atomic mass is 32.2. The Balaban J connectivity index is 1.62. The Kier molecular flexibility index (Phi) is 5.24. The van der Waals surface area contributed by atoms with Gasteiger partial charge in [0.05, 0.1) is 11.8 Å². The van der Waals surface area contributed by atoms with Gasteiger partial charge in [-0.15, -0.1) is 11.7 Å². The summed E-state index contributed by atoms with van der Waals surface area (Å²) in [4.78, 5) is 14.1. The Morgan fingerprint density at radius 3 is 2.96 bits per heavy atom. The number of carbonyl (C=O) groups excluding carboxylic acids is 1. The highest BCUT2D eigenvalue weighted by molar-refractivity contribution is 7.99. The van der Waals surface area contributed by atoms with Gasteiger partial charge in [0, 0.05) is 18.7 Å². The summed E-state index contributed by atoms with van der Waals surface area (Å²) in [7, 11) is 0. The van der Waals surface area contributed by atoms with Crippen LogP contribution in [-0.2, 0) is 11.3 Å². The first kappa shape index (κ1) is 16.6. The van der Waals surface area contributed by atoms with Crippen molar-refractivity contribution in [2.45, 2.75) is 30.6 Å². The molecule has 1 aromatic heterocycles. The van der Waals surface area contributed by atoms with Gasteiger partial charge in [-0.3, -0.25) is 4.79 Å². The van der Waals surface area contributed by atoms with Gasteiger partial charge in [0.15, 0.2) is 0 Å². The van der Waals surface area contributed by atoms with Crippen LogP contribution in [0, 0.1) is 5.82 Å². The van der Waals surface area contributed by atoms with Crippen molar-refractivity contribution in [1.29, 1.82) is 0 Å². The van der Waals surface area contributed by atoms with Crippen molar-refractivity contribution >= 4 is 17.7 Å². The number of thioether (sulfide) groups is 1. The number of amides is 1. The van der Waals surface area contributed by atoms with Crippen LogP contribution < -0.4 is 0 Å². The number of benzene rings is 1. The molecule has 0 saturated heterocycles. The summed E-state index contributed by atoms with van der Waals surface area (Å²) in [5.41, 5.74) is 0.487. The molecule has 0 aliphatic heterocycles. The molecular weight excluding hydrogens is 329 g/mol. The summed E-state index contributed by atoms with van der Waals surface area (Å²) in [6.45, 7) is 4.25. The van der Waals surface area contributed by atoms with Crippen LogP contribution in [0.1, 0.15) is 24.4 Å². The molecule has 0 unspecified atom stereocenters. The molecule has 2 aromatic rings. The van der Waals surface area contributed by atoms with Crippen molar-refractivity contribution in [1.82, 2.24) is 25.1 Å². The maximum atomic E-state index is 13.8. The predicted molar refractivity (Wildman–Crippen MR) is 88.8 cm³/mol. The van der Waals surface area contributed by atoms with Crippen LogP contribution in [0.25, 0.3) is 0 Å². The molecule has 6 nitrogen and oxygen atoms in total. The predicted octanol–water partition coefficient (Wildman–Crippen LogP) is 2.45. The maximum Gasteiger partial charge on any atom is 0.233 e. The third kappa shape index (κ3) is 4.00. The van der Waals surface area contributed by atoms with E-state index in [4.69, 9.17) is 0 Å². The number of nitrogens with zero attached hydrogens (tertiary/aromatic N) is 5. The molecule has 0 radical (unpaired) electrons. The van der Waals surface area contributed by atoms with Gasteiger partial charge >= 0.3 is 0 Å². The van der Waals surface area contributed by atoms with E-state index in [2.05, 4.69) is 22.1 Å². The first-order chi connectivity index (χ1) is 11.7. The lowest BCUT2D eigenvalue weighted by Crippen LogP contribution is -2.32. The first-order valence-corrected chi connectivity index (χ1v) is 8.70. The average molecular weight is 347 g/mol. The third-order valence-corrected chi connectivity index (χ3v) is 4.62. The van der Waals surface area contributed by atoms with Crippen molar-refractivity contribution in [3.63, 3.8) is 0 Å². The summed E-state index contributed by atoms with van der Waals surface area (Å²) < 4.78 is 15.6. The monoisotopic (exact) mass is 347 g/mol. The Morgan fingerprint density at radius 1 is 1.46 bits per heavy atom. The lowest BCUT2D eigenvalue weighted by atomic mass is 10.2. The van der Waals surface area contributed by atoms with Crippen LogP contribution in [0.2, 0.25) is 0 Å². The van der Waals surface area contributed by atoms with E-state index in [1.807, 2.05) is 0 Å². The SMILES string of the molecule is C=CCN(Cc1ccccc1F)C(=O)CSc1nnnn1C1CC1. The number of hydrogen-bond acceptors (Lipinski definition) is 5. The first-order valence-electron chi connectivity index (χ1n) is 7.71. The van der Waals surface area contributed by atoms with Crippen molar-refractivity contribution in [3.05, 3.63) is 48.3 Å². The van der Waals surface area contributed by atoms with Gasteiger partial charge in [0.25, 0.3) is 0 Å². The molecular formula is C16H18FN5OS. The average Bonchev–Trinajstić information content (AvgIpc) is 3.32. The minimum atomic E-state index is -0.315. The molecule has 0 spiro atoms. The van der Waals surface area contributed by atoms with Crippen molar-refractivity contribution in [2.75, 3.05) is 12.3 Å². The van der Waals surface area contributed by atoms with E-state index in [0.29, 0.717) is 23.3 Å². The van der Waals surface area contributed by atoms with Gasteiger partial charge in [0.2, 0.25) is 11.1 Å². The molecule has 1 fully saturated rings. The fourth-order valence-electron chi connectivity index (χ4n) is 2.29. The van der Waals surface area contributed by atoms with E-state index in [-0.39, 0.29) is 24.0 Å². The van der Waals surface area contributed by atoms with Crippen LogP contribution in [0.3, 0.4) is 0 Å². The normalized spacial score (nSPS) is 13.7. The number of aromatic nitrogens is 4. The lowest BCUT2D eigenvalue weighted by Gasteiger charge is -2.21. The topological polar surface area (TPSA) is 63.9 Å². The molecule has 24 heavy (non-hydrogen) atoms. The summed E-state index contributed by atoms with van der Waals surface area (Å²) in [6, 6.07) is 6.82. The molecule has 1 aliphatic rings. The molecule has 1 aliphatic carbocycles. The Hall–Kier alpha value is -2.22. The number of carbonyl (C=O) groups is 1. The Labute approximate surface area is 143 Å². The van der Waals surface area contributed by atoms with Crippen LogP contribution in [0.5, 0.6) is 0 Å². The molecule has 0 bridgehead atoms. The molecule has 8 heteroatoms. The number of tetrazole rings is 1. The van der Waals surface area contributed by atoms with Gasteiger partial charge in [-0.2, -0.15) is 0 Å². The van der Waals surface area contributed by atoms with Gasteiger partial charge in [-0.1, -0.05) is 36.0 Å². The molecule has 126 valence electrons. The van der Waals surface area contributed by atoms with Crippen molar-refractivity contribution < 1.29 is 9.18 Å². The number of rotatable bonds is 8. The number of hydrogen-bond donors (Lipinski definition) is 0. The zero-order chi connectivity index (χ0) is 16.9. The lowest BCUT2D eigenvalue weighted by molar-refractivity contribution is -0.128. The highest BCUT2D eigenvalue weighted by Gasteiger charge is 2.28. The molecule has 0 atom stereocenters. The second kappa shape index (κ2) is 7.57. The zero-order valence-electron chi connectivity index (χ0n) is 13.1. The minimum absolute atomic E-state index is 0.103. The van der Waals surface area contributed by atoms with Crippen molar-refractivity contribution in [3.8, 4) is 0 Å². The molecule has 1 saturated carbocycles. The summed E-state index contributed by atoms with van der Waals surface area (Å²) in [6.07, 6.45) is 3.78. The third-order valence-electron chi connectivity index (χ3n) is 3.70. The molecule has 1 amide bonds. The molecule has 0 N–H and O–H groups in total.